The lowest BCUT2D eigenvalue weighted by atomic mass is 10.1. The summed E-state index contributed by atoms with van der Waals surface area (Å²) in [6.07, 6.45) is 5.00. The summed E-state index contributed by atoms with van der Waals surface area (Å²) < 4.78 is 7.94. The first-order valence-electron chi connectivity index (χ1n) is 9.40. The highest BCUT2D eigenvalue weighted by Crippen LogP contribution is 2.34. The summed E-state index contributed by atoms with van der Waals surface area (Å²) in [5.74, 6) is 0.905. The standard InChI is InChI=1S/C20H26N4O2/c1-15-16(12-22(2)21-15)13-24-14-19(20(25)23-10-6-3-7-11-23)26-18-9-5-4-8-17(18)24/h4-5,8-9,12,19H,3,6-7,10-11,13-14H2,1-2H3. The molecule has 2 aliphatic heterocycles. The summed E-state index contributed by atoms with van der Waals surface area (Å²) in [6.45, 7) is 5.02. The van der Waals surface area contributed by atoms with E-state index in [0.717, 1.165) is 49.6 Å². The van der Waals surface area contributed by atoms with Crippen molar-refractivity contribution in [1.29, 1.82) is 0 Å². The predicted octanol–water partition coefficient (Wildman–Crippen LogP) is 2.51. The smallest absolute Gasteiger partial charge is 0.265 e. The zero-order chi connectivity index (χ0) is 18.1. The number of anilines is 1. The van der Waals surface area contributed by atoms with Gasteiger partial charge in [0, 0.05) is 38.4 Å². The van der Waals surface area contributed by atoms with Crippen LogP contribution in [0, 0.1) is 6.92 Å². The number of para-hydroxylation sites is 2. The summed E-state index contributed by atoms with van der Waals surface area (Å²) in [5, 5.41) is 4.44. The van der Waals surface area contributed by atoms with Crippen LogP contribution in [-0.4, -0.2) is 46.3 Å². The van der Waals surface area contributed by atoms with Gasteiger partial charge in [-0.3, -0.25) is 9.48 Å². The van der Waals surface area contributed by atoms with E-state index in [9.17, 15) is 4.79 Å². The number of carbonyl (C=O) groups is 1. The molecular formula is C20H26N4O2. The summed E-state index contributed by atoms with van der Waals surface area (Å²) >= 11 is 0. The van der Waals surface area contributed by atoms with Crippen molar-refractivity contribution < 1.29 is 9.53 Å². The number of fused-ring (bicyclic) bond motifs is 1. The molecule has 26 heavy (non-hydrogen) atoms. The van der Waals surface area contributed by atoms with E-state index < -0.39 is 6.10 Å². The molecule has 2 aromatic rings. The van der Waals surface area contributed by atoms with Crippen LogP contribution in [0.15, 0.2) is 30.5 Å². The molecule has 3 heterocycles. The molecule has 1 aromatic carbocycles. The second-order valence-electron chi connectivity index (χ2n) is 7.25. The van der Waals surface area contributed by atoms with Crippen molar-refractivity contribution in [3.05, 3.63) is 41.7 Å². The zero-order valence-corrected chi connectivity index (χ0v) is 15.5. The van der Waals surface area contributed by atoms with Gasteiger partial charge in [-0.25, -0.2) is 0 Å². The van der Waals surface area contributed by atoms with E-state index in [2.05, 4.69) is 22.3 Å². The number of aryl methyl sites for hydroxylation is 2. The minimum Gasteiger partial charge on any atom is -0.477 e. The first kappa shape index (κ1) is 16.9. The molecule has 6 heteroatoms. The molecule has 0 aliphatic carbocycles. The molecule has 138 valence electrons. The number of ether oxygens (including phenoxy) is 1. The van der Waals surface area contributed by atoms with E-state index in [4.69, 9.17) is 4.74 Å². The second-order valence-corrected chi connectivity index (χ2v) is 7.25. The number of nitrogens with zero attached hydrogens (tertiary/aromatic N) is 4. The van der Waals surface area contributed by atoms with Crippen molar-refractivity contribution in [2.24, 2.45) is 7.05 Å². The molecule has 1 amide bonds. The van der Waals surface area contributed by atoms with Crippen molar-refractivity contribution >= 4 is 11.6 Å². The van der Waals surface area contributed by atoms with Gasteiger partial charge in [0.15, 0.2) is 6.10 Å². The van der Waals surface area contributed by atoms with Gasteiger partial charge in [-0.15, -0.1) is 0 Å². The lowest BCUT2D eigenvalue weighted by Crippen LogP contribution is -2.51. The molecule has 1 atom stereocenters. The Labute approximate surface area is 154 Å². The third kappa shape index (κ3) is 3.28. The van der Waals surface area contributed by atoms with Gasteiger partial charge >= 0.3 is 0 Å². The van der Waals surface area contributed by atoms with Crippen LogP contribution in [0.25, 0.3) is 0 Å². The van der Waals surface area contributed by atoms with Crippen molar-refractivity contribution in [1.82, 2.24) is 14.7 Å². The Morgan fingerprint density at radius 1 is 1.23 bits per heavy atom. The highest BCUT2D eigenvalue weighted by atomic mass is 16.5. The lowest BCUT2D eigenvalue weighted by Gasteiger charge is -2.38. The molecule has 0 spiro atoms. The SMILES string of the molecule is Cc1nn(C)cc1CN1CC(C(=O)N2CCCCC2)Oc2ccccc21. The van der Waals surface area contributed by atoms with Gasteiger partial charge in [0.05, 0.1) is 17.9 Å². The molecule has 1 fully saturated rings. The predicted molar refractivity (Wildman–Crippen MR) is 100 cm³/mol. The number of benzene rings is 1. The van der Waals surface area contributed by atoms with E-state index in [0.29, 0.717) is 6.54 Å². The molecule has 6 nitrogen and oxygen atoms in total. The normalized spacial score (nSPS) is 19.8. The Kier molecular flexibility index (Phi) is 4.57. The Morgan fingerprint density at radius 3 is 2.73 bits per heavy atom. The average Bonchev–Trinajstić information content (AvgIpc) is 2.98. The molecule has 0 bridgehead atoms. The number of carbonyl (C=O) groups excluding carboxylic acids is 1. The Hall–Kier alpha value is -2.50. The molecule has 0 saturated carbocycles. The van der Waals surface area contributed by atoms with Gasteiger partial charge < -0.3 is 14.5 Å². The highest BCUT2D eigenvalue weighted by Gasteiger charge is 2.34. The van der Waals surface area contributed by atoms with Gasteiger partial charge in [0.25, 0.3) is 5.91 Å². The van der Waals surface area contributed by atoms with E-state index in [1.165, 1.54) is 12.0 Å². The molecule has 1 aromatic heterocycles. The van der Waals surface area contributed by atoms with Crippen LogP contribution in [0.2, 0.25) is 0 Å². The van der Waals surface area contributed by atoms with Crippen molar-refractivity contribution in [2.75, 3.05) is 24.5 Å². The van der Waals surface area contributed by atoms with Gasteiger partial charge in [0.2, 0.25) is 0 Å². The minimum atomic E-state index is -0.444. The van der Waals surface area contributed by atoms with E-state index >= 15 is 0 Å². The monoisotopic (exact) mass is 354 g/mol. The Balaban J connectivity index is 1.58. The minimum absolute atomic E-state index is 0.118. The molecule has 1 saturated heterocycles. The van der Waals surface area contributed by atoms with E-state index in [-0.39, 0.29) is 5.91 Å². The number of rotatable bonds is 3. The first-order chi connectivity index (χ1) is 12.6. The van der Waals surface area contributed by atoms with Crippen molar-refractivity contribution in [2.45, 2.75) is 38.8 Å². The molecule has 1 unspecified atom stereocenters. The summed E-state index contributed by atoms with van der Waals surface area (Å²) in [4.78, 5) is 17.2. The quantitative estimate of drug-likeness (QED) is 0.850. The van der Waals surface area contributed by atoms with Crippen LogP contribution in [-0.2, 0) is 18.4 Å². The third-order valence-corrected chi connectivity index (χ3v) is 5.28. The van der Waals surface area contributed by atoms with Gasteiger partial charge in [-0.05, 0) is 38.3 Å². The van der Waals surface area contributed by atoms with Crippen molar-refractivity contribution in [3.8, 4) is 5.75 Å². The summed E-state index contributed by atoms with van der Waals surface area (Å²) in [5.41, 5.74) is 3.24. The van der Waals surface area contributed by atoms with Gasteiger partial charge in [-0.1, -0.05) is 12.1 Å². The summed E-state index contributed by atoms with van der Waals surface area (Å²) in [6, 6.07) is 7.98. The molecule has 0 N–H and O–H groups in total. The zero-order valence-electron chi connectivity index (χ0n) is 15.5. The number of piperidine rings is 1. The average molecular weight is 354 g/mol. The molecule has 2 aliphatic rings. The van der Waals surface area contributed by atoms with Crippen LogP contribution in [0.5, 0.6) is 5.75 Å². The van der Waals surface area contributed by atoms with E-state index in [1.807, 2.05) is 41.8 Å². The largest absolute Gasteiger partial charge is 0.477 e. The van der Waals surface area contributed by atoms with Crippen LogP contribution >= 0.6 is 0 Å². The number of hydrogen-bond donors (Lipinski definition) is 0. The number of hydrogen-bond acceptors (Lipinski definition) is 4. The van der Waals surface area contributed by atoms with Crippen LogP contribution in [0.3, 0.4) is 0 Å². The fourth-order valence-electron chi connectivity index (χ4n) is 3.91. The van der Waals surface area contributed by atoms with Crippen molar-refractivity contribution in [3.63, 3.8) is 0 Å². The maximum Gasteiger partial charge on any atom is 0.265 e. The maximum atomic E-state index is 13.0. The van der Waals surface area contributed by atoms with Gasteiger partial charge in [0.1, 0.15) is 5.75 Å². The fraction of sp³-hybridized carbons (Fsp3) is 0.500. The molecule has 4 rings (SSSR count). The maximum absolute atomic E-state index is 13.0. The topological polar surface area (TPSA) is 50.6 Å². The van der Waals surface area contributed by atoms with Crippen LogP contribution in [0.4, 0.5) is 5.69 Å². The fourth-order valence-corrected chi connectivity index (χ4v) is 3.91. The first-order valence-corrected chi connectivity index (χ1v) is 9.40. The number of likely N-dealkylation sites (tertiary alicyclic amines) is 1. The van der Waals surface area contributed by atoms with Gasteiger partial charge in [-0.2, -0.15) is 5.10 Å². The third-order valence-electron chi connectivity index (χ3n) is 5.28. The van der Waals surface area contributed by atoms with Crippen LogP contribution in [0.1, 0.15) is 30.5 Å². The number of amides is 1. The molecule has 0 radical (unpaired) electrons. The van der Waals surface area contributed by atoms with Crippen LogP contribution < -0.4 is 9.64 Å². The summed E-state index contributed by atoms with van der Waals surface area (Å²) in [7, 11) is 1.94. The molecular weight excluding hydrogens is 328 g/mol. The highest BCUT2D eigenvalue weighted by molar-refractivity contribution is 5.83. The lowest BCUT2D eigenvalue weighted by molar-refractivity contribution is -0.139. The Bertz CT molecular complexity index is 795. The second kappa shape index (κ2) is 7.02. The Morgan fingerprint density at radius 2 is 2.00 bits per heavy atom. The van der Waals surface area contributed by atoms with E-state index in [1.54, 1.807) is 0 Å². The number of aromatic nitrogens is 2.